The van der Waals surface area contributed by atoms with E-state index in [1.165, 1.54) is 11.0 Å². The number of aromatic hydroxyl groups is 2. The maximum atomic E-state index is 12.7. The summed E-state index contributed by atoms with van der Waals surface area (Å²) in [7, 11) is 0. The van der Waals surface area contributed by atoms with Crippen molar-refractivity contribution in [2.45, 2.75) is 6.42 Å². The second kappa shape index (κ2) is 6.05. The highest BCUT2D eigenvalue weighted by Gasteiger charge is 2.35. The quantitative estimate of drug-likeness (QED) is 0.511. The standard InChI is InChI=1S/C18H14N2O4/c19-10-13(17(23)12-5-6-15(21)16(22)9-12)18(24)20-8-7-11-3-1-2-4-14(11)20/h1-6,9,13,21-22H,7-8H2. The van der Waals surface area contributed by atoms with E-state index in [1.807, 2.05) is 12.1 Å². The minimum Gasteiger partial charge on any atom is -0.504 e. The number of para-hydroxylation sites is 1. The van der Waals surface area contributed by atoms with E-state index in [9.17, 15) is 25.1 Å². The number of rotatable bonds is 3. The van der Waals surface area contributed by atoms with E-state index in [4.69, 9.17) is 0 Å². The lowest BCUT2D eigenvalue weighted by Gasteiger charge is -2.19. The summed E-state index contributed by atoms with van der Waals surface area (Å²) < 4.78 is 0. The summed E-state index contributed by atoms with van der Waals surface area (Å²) in [4.78, 5) is 26.6. The first-order chi connectivity index (χ1) is 11.5. The van der Waals surface area contributed by atoms with Crippen molar-refractivity contribution in [1.29, 1.82) is 5.26 Å². The van der Waals surface area contributed by atoms with Gasteiger partial charge in [0.1, 0.15) is 0 Å². The average molecular weight is 322 g/mol. The fourth-order valence-corrected chi connectivity index (χ4v) is 2.79. The lowest BCUT2D eigenvalue weighted by molar-refractivity contribution is -0.119. The molecule has 0 fully saturated rings. The van der Waals surface area contributed by atoms with Gasteiger partial charge in [0.05, 0.1) is 6.07 Å². The molecule has 0 radical (unpaired) electrons. The molecular formula is C18H14N2O4. The first-order valence-corrected chi connectivity index (χ1v) is 7.38. The Morgan fingerprint density at radius 2 is 1.88 bits per heavy atom. The predicted octanol–water partition coefficient (Wildman–Crippen LogP) is 2.01. The van der Waals surface area contributed by atoms with Crippen LogP contribution in [0.3, 0.4) is 0 Å². The fraction of sp³-hybridized carbons (Fsp3) is 0.167. The van der Waals surface area contributed by atoms with Crippen molar-refractivity contribution in [2.75, 3.05) is 11.4 Å². The van der Waals surface area contributed by atoms with Gasteiger partial charge >= 0.3 is 0 Å². The molecule has 0 spiro atoms. The molecule has 1 amide bonds. The van der Waals surface area contributed by atoms with E-state index in [-0.39, 0.29) is 11.3 Å². The number of Topliss-reactive ketones (excluding diaryl/α,β-unsaturated/α-hetero) is 1. The molecule has 0 saturated heterocycles. The van der Waals surface area contributed by atoms with Gasteiger partial charge in [-0.1, -0.05) is 18.2 Å². The molecule has 1 aliphatic rings. The molecule has 6 nitrogen and oxygen atoms in total. The molecule has 0 aromatic heterocycles. The molecule has 1 aliphatic heterocycles. The fourth-order valence-electron chi connectivity index (χ4n) is 2.79. The smallest absolute Gasteiger partial charge is 0.252 e. The van der Waals surface area contributed by atoms with Gasteiger partial charge in [-0.25, -0.2) is 0 Å². The summed E-state index contributed by atoms with van der Waals surface area (Å²) >= 11 is 0. The normalized spacial score (nSPS) is 13.9. The molecule has 2 aromatic rings. The number of nitrogens with zero attached hydrogens (tertiary/aromatic N) is 2. The van der Waals surface area contributed by atoms with Crippen LogP contribution in [0.25, 0.3) is 0 Å². The molecule has 6 heteroatoms. The highest BCUT2D eigenvalue weighted by atomic mass is 16.3. The average Bonchev–Trinajstić information content (AvgIpc) is 3.01. The van der Waals surface area contributed by atoms with Crippen molar-refractivity contribution in [3.8, 4) is 17.6 Å². The van der Waals surface area contributed by atoms with Gasteiger partial charge in [-0.15, -0.1) is 0 Å². The van der Waals surface area contributed by atoms with Gasteiger partial charge < -0.3 is 15.1 Å². The summed E-state index contributed by atoms with van der Waals surface area (Å²) in [5, 5.41) is 28.1. The Labute approximate surface area is 138 Å². The topological polar surface area (TPSA) is 102 Å². The van der Waals surface area contributed by atoms with E-state index in [2.05, 4.69) is 0 Å². The number of phenolic OH excluding ortho intramolecular Hbond substituents is 2. The molecular weight excluding hydrogens is 308 g/mol. The predicted molar refractivity (Wildman–Crippen MR) is 85.7 cm³/mol. The molecule has 24 heavy (non-hydrogen) atoms. The van der Waals surface area contributed by atoms with Crippen LogP contribution in [-0.2, 0) is 11.2 Å². The zero-order chi connectivity index (χ0) is 17.3. The van der Waals surface area contributed by atoms with E-state index in [0.29, 0.717) is 18.7 Å². The Hall–Kier alpha value is -3.33. The van der Waals surface area contributed by atoms with Crippen LogP contribution in [0.2, 0.25) is 0 Å². The molecule has 1 unspecified atom stereocenters. The largest absolute Gasteiger partial charge is 0.504 e. The van der Waals surface area contributed by atoms with Gasteiger partial charge in [0.15, 0.2) is 23.2 Å². The van der Waals surface area contributed by atoms with Gasteiger partial charge in [-0.3, -0.25) is 9.59 Å². The Morgan fingerprint density at radius 1 is 1.12 bits per heavy atom. The maximum Gasteiger partial charge on any atom is 0.252 e. The van der Waals surface area contributed by atoms with Crippen LogP contribution in [0.1, 0.15) is 15.9 Å². The number of carbonyl (C=O) groups is 2. The SMILES string of the molecule is N#CC(C(=O)c1ccc(O)c(O)c1)C(=O)N1CCc2ccccc21. The maximum absolute atomic E-state index is 12.7. The van der Waals surface area contributed by atoms with E-state index in [0.717, 1.165) is 17.7 Å². The number of ketones is 1. The molecule has 0 bridgehead atoms. The van der Waals surface area contributed by atoms with Crippen LogP contribution < -0.4 is 4.90 Å². The van der Waals surface area contributed by atoms with Crippen LogP contribution >= 0.6 is 0 Å². The highest BCUT2D eigenvalue weighted by molar-refractivity contribution is 6.16. The Kier molecular flexibility index (Phi) is 3.92. The number of amides is 1. The lowest BCUT2D eigenvalue weighted by Crippen LogP contribution is -2.38. The molecule has 2 aromatic carbocycles. The number of anilines is 1. The number of fused-ring (bicyclic) bond motifs is 1. The number of hydrogen-bond acceptors (Lipinski definition) is 5. The third-order valence-electron chi connectivity index (χ3n) is 4.05. The molecule has 1 atom stereocenters. The number of hydrogen-bond donors (Lipinski definition) is 2. The third kappa shape index (κ3) is 2.57. The van der Waals surface area contributed by atoms with Gasteiger partial charge in [0.25, 0.3) is 5.91 Å². The van der Waals surface area contributed by atoms with E-state index >= 15 is 0 Å². The summed E-state index contributed by atoms with van der Waals surface area (Å²) in [5.41, 5.74) is 1.71. The molecule has 0 saturated carbocycles. The number of carbonyl (C=O) groups excluding carboxylic acids is 2. The third-order valence-corrected chi connectivity index (χ3v) is 4.05. The minimum atomic E-state index is -1.50. The highest BCUT2D eigenvalue weighted by Crippen LogP contribution is 2.30. The van der Waals surface area contributed by atoms with Crippen LogP contribution in [0.4, 0.5) is 5.69 Å². The Balaban J connectivity index is 1.89. The van der Waals surface area contributed by atoms with Crippen molar-refractivity contribution >= 4 is 17.4 Å². The summed E-state index contributed by atoms with van der Waals surface area (Å²) in [5.74, 6) is -3.64. The first-order valence-electron chi connectivity index (χ1n) is 7.38. The van der Waals surface area contributed by atoms with Crippen molar-refractivity contribution in [3.05, 3.63) is 53.6 Å². The minimum absolute atomic E-state index is 0.00215. The lowest BCUT2D eigenvalue weighted by atomic mass is 9.97. The van der Waals surface area contributed by atoms with Crippen LogP contribution in [0.5, 0.6) is 11.5 Å². The van der Waals surface area contributed by atoms with Crippen molar-refractivity contribution in [3.63, 3.8) is 0 Å². The molecule has 120 valence electrons. The molecule has 0 aliphatic carbocycles. The number of phenols is 2. The molecule has 2 N–H and O–H groups in total. The zero-order valence-corrected chi connectivity index (χ0v) is 12.6. The van der Waals surface area contributed by atoms with Crippen molar-refractivity contribution in [2.24, 2.45) is 5.92 Å². The summed E-state index contributed by atoms with van der Waals surface area (Å²) in [6.07, 6.45) is 0.675. The van der Waals surface area contributed by atoms with Crippen LogP contribution in [-0.4, -0.2) is 28.4 Å². The van der Waals surface area contributed by atoms with Gasteiger partial charge in [0.2, 0.25) is 0 Å². The Bertz CT molecular complexity index is 870. The number of nitriles is 1. The van der Waals surface area contributed by atoms with Gasteiger partial charge in [0, 0.05) is 17.8 Å². The monoisotopic (exact) mass is 322 g/mol. The van der Waals surface area contributed by atoms with Gasteiger partial charge in [-0.2, -0.15) is 5.26 Å². The van der Waals surface area contributed by atoms with Crippen LogP contribution in [0, 0.1) is 17.2 Å². The van der Waals surface area contributed by atoms with E-state index in [1.54, 1.807) is 18.2 Å². The first kappa shape index (κ1) is 15.6. The Morgan fingerprint density at radius 3 is 2.58 bits per heavy atom. The van der Waals surface area contributed by atoms with Crippen LogP contribution in [0.15, 0.2) is 42.5 Å². The van der Waals surface area contributed by atoms with Crippen molar-refractivity contribution < 1.29 is 19.8 Å². The van der Waals surface area contributed by atoms with Gasteiger partial charge in [-0.05, 0) is 36.2 Å². The summed E-state index contributed by atoms with van der Waals surface area (Å²) in [6.45, 7) is 0.421. The molecule has 1 heterocycles. The summed E-state index contributed by atoms with van der Waals surface area (Å²) in [6, 6.07) is 12.6. The second-order valence-electron chi connectivity index (χ2n) is 5.50. The van der Waals surface area contributed by atoms with Crippen molar-refractivity contribution in [1.82, 2.24) is 0 Å². The molecule has 3 rings (SSSR count). The second-order valence-corrected chi connectivity index (χ2v) is 5.50. The zero-order valence-electron chi connectivity index (χ0n) is 12.6. The van der Waals surface area contributed by atoms with E-state index < -0.39 is 23.4 Å². The number of benzene rings is 2.